The zero-order chi connectivity index (χ0) is 10.9. The quantitative estimate of drug-likeness (QED) is 0.733. The summed E-state index contributed by atoms with van der Waals surface area (Å²) in [5.74, 6) is 0.0894. The van der Waals surface area contributed by atoms with Crippen LogP contribution in [0.25, 0.3) is 0 Å². The van der Waals surface area contributed by atoms with Gasteiger partial charge in [0, 0.05) is 11.6 Å². The van der Waals surface area contributed by atoms with E-state index in [9.17, 15) is 8.78 Å². The molecule has 0 aliphatic heterocycles. The summed E-state index contributed by atoms with van der Waals surface area (Å²) in [7, 11) is 0. The molecule has 1 aromatic heterocycles. The Balaban J connectivity index is 3.20. The summed E-state index contributed by atoms with van der Waals surface area (Å²) >= 11 is 0. The first-order valence-electron chi connectivity index (χ1n) is 4.80. The Labute approximate surface area is 82.9 Å². The molecule has 0 unspecified atom stereocenters. The highest BCUT2D eigenvalue weighted by Crippen LogP contribution is 2.29. The van der Waals surface area contributed by atoms with Gasteiger partial charge in [0.15, 0.2) is 0 Å². The van der Waals surface area contributed by atoms with Crippen LogP contribution in [0, 0.1) is 0 Å². The van der Waals surface area contributed by atoms with Crippen LogP contribution in [-0.4, -0.2) is 9.78 Å². The lowest BCUT2D eigenvalue weighted by atomic mass is 10.0. The third kappa shape index (κ3) is 1.94. The van der Waals surface area contributed by atoms with Gasteiger partial charge in [-0.3, -0.25) is 4.68 Å². The summed E-state index contributed by atoms with van der Waals surface area (Å²) in [6.45, 7) is 7.49. The Morgan fingerprint density at radius 2 is 1.79 bits per heavy atom. The number of nitrogens with zero attached hydrogens (tertiary/aromatic N) is 2. The molecule has 1 rings (SSSR count). The number of hydrogen-bond acceptors (Lipinski definition) is 1. The molecule has 14 heavy (non-hydrogen) atoms. The summed E-state index contributed by atoms with van der Waals surface area (Å²) < 4.78 is 27.0. The van der Waals surface area contributed by atoms with Crippen LogP contribution in [0.2, 0.25) is 0 Å². The second kappa shape index (κ2) is 4.07. The molecular weight excluding hydrogens is 186 g/mol. The maximum absolute atomic E-state index is 12.8. The maximum atomic E-state index is 12.8. The Bertz CT molecular complexity index is 278. The minimum absolute atomic E-state index is 0.0218. The fourth-order valence-corrected chi connectivity index (χ4v) is 1.47. The van der Waals surface area contributed by atoms with E-state index in [1.165, 1.54) is 4.68 Å². The number of halogens is 2. The van der Waals surface area contributed by atoms with Crippen molar-refractivity contribution >= 4 is 0 Å². The Morgan fingerprint density at radius 1 is 1.21 bits per heavy atom. The average molecular weight is 202 g/mol. The molecule has 0 aliphatic rings. The van der Waals surface area contributed by atoms with Gasteiger partial charge < -0.3 is 0 Å². The highest BCUT2D eigenvalue weighted by Gasteiger charge is 2.22. The van der Waals surface area contributed by atoms with Gasteiger partial charge in [0.05, 0.1) is 6.20 Å². The highest BCUT2D eigenvalue weighted by atomic mass is 19.3. The summed E-state index contributed by atoms with van der Waals surface area (Å²) in [6, 6.07) is -0.0218. The SMILES string of the molecule is CC(C)c1cnn(C(C)C)c1C(F)F. The molecule has 0 bridgehead atoms. The van der Waals surface area contributed by atoms with Crippen LogP contribution < -0.4 is 0 Å². The van der Waals surface area contributed by atoms with Crippen molar-refractivity contribution in [3.8, 4) is 0 Å². The van der Waals surface area contributed by atoms with Crippen molar-refractivity contribution in [2.75, 3.05) is 0 Å². The van der Waals surface area contributed by atoms with Crippen LogP contribution in [-0.2, 0) is 0 Å². The fraction of sp³-hybridized carbons (Fsp3) is 0.700. The van der Waals surface area contributed by atoms with Crippen molar-refractivity contribution in [3.63, 3.8) is 0 Å². The van der Waals surface area contributed by atoms with E-state index in [1.807, 2.05) is 27.7 Å². The predicted octanol–water partition coefficient (Wildman–Crippen LogP) is 3.53. The number of hydrogen-bond donors (Lipinski definition) is 0. The first-order chi connectivity index (χ1) is 6.45. The van der Waals surface area contributed by atoms with E-state index in [-0.39, 0.29) is 17.7 Å². The van der Waals surface area contributed by atoms with Gasteiger partial charge in [-0.05, 0) is 19.8 Å². The lowest BCUT2D eigenvalue weighted by molar-refractivity contribution is 0.135. The standard InChI is InChI=1S/C10H16F2N2/c1-6(2)8-5-13-14(7(3)4)9(8)10(11)12/h5-7,10H,1-4H3. The summed E-state index contributed by atoms with van der Waals surface area (Å²) in [4.78, 5) is 0. The van der Waals surface area contributed by atoms with Gasteiger partial charge in [-0.1, -0.05) is 13.8 Å². The number of aromatic nitrogens is 2. The molecule has 0 radical (unpaired) electrons. The molecule has 0 fully saturated rings. The zero-order valence-corrected chi connectivity index (χ0v) is 8.96. The van der Waals surface area contributed by atoms with E-state index >= 15 is 0 Å². The van der Waals surface area contributed by atoms with Gasteiger partial charge in [-0.25, -0.2) is 8.78 Å². The Morgan fingerprint density at radius 3 is 2.14 bits per heavy atom. The fourth-order valence-electron chi connectivity index (χ4n) is 1.47. The molecule has 0 N–H and O–H groups in total. The van der Waals surface area contributed by atoms with Crippen LogP contribution in [0.5, 0.6) is 0 Å². The molecule has 4 heteroatoms. The van der Waals surface area contributed by atoms with Gasteiger partial charge in [-0.15, -0.1) is 0 Å². The van der Waals surface area contributed by atoms with E-state index in [0.717, 1.165) is 0 Å². The summed E-state index contributed by atoms with van der Waals surface area (Å²) in [6.07, 6.45) is -0.899. The molecule has 0 atom stereocenters. The van der Waals surface area contributed by atoms with E-state index in [1.54, 1.807) is 6.20 Å². The van der Waals surface area contributed by atoms with Crippen LogP contribution in [0.3, 0.4) is 0 Å². The molecule has 0 amide bonds. The minimum Gasteiger partial charge on any atom is -0.261 e. The van der Waals surface area contributed by atoms with Crippen molar-refractivity contribution in [3.05, 3.63) is 17.5 Å². The average Bonchev–Trinajstić information content (AvgIpc) is 2.46. The summed E-state index contributed by atoms with van der Waals surface area (Å²) in [5.41, 5.74) is 0.712. The Kier molecular flexibility index (Phi) is 3.24. The topological polar surface area (TPSA) is 17.8 Å². The van der Waals surface area contributed by atoms with Crippen molar-refractivity contribution < 1.29 is 8.78 Å². The molecule has 1 aromatic rings. The van der Waals surface area contributed by atoms with Crippen LogP contribution in [0.4, 0.5) is 8.78 Å². The van der Waals surface area contributed by atoms with Crippen LogP contribution >= 0.6 is 0 Å². The van der Waals surface area contributed by atoms with Gasteiger partial charge in [0.1, 0.15) is 5.69 Å². The van der Waals surface area contributed by atoms with Crippen molar-refractivity contribution in [1.82, 2.24) is 9.78 Å². The van der Waals surface area contributed by atoms with Crippen molar-refractivity contribution in [2.24, 2.45) is 0 Å². The molecule has 80 valence electrons. The van der Waals surface area contributed by atoms with Gasteiger partial charge in [0.2, 0.25) is 0 Å². The third-order valence-electron chi connectivity index (χ3n) is 2.18. The normalized spacial score (nSPS) is 12.1. The van der Waals surface area contributed by atoms with E-state index in [4.69, 9.17) is 0 Å². The lowest BCUT2D eigenvalue weighted by Gasteiger charge is -2.13. The van der Waals surface area contributed by atoms with E-state index in [2.05, 4.69) is 5.10 Å². The number of alkyl halides is 2. The molecule has 0 aromatic carbocycles. The largest absolute Gasteiger partial charge is 0.280 e. The Hall–Kier alpha value is -0.930. The van der Waals surface area contributed by atoms with Gasteiger partial charge in [-0.2, -0.15) is 5.10 Å². The monoisotopic (exact) mass is 202 g/mol. The molecule has 1 heterocycles. The second-order valence-corrected chi connectivity index (χ2v) is 3.98. The third-order valence-corrected chi connectivity index (χ3v) is 2.18. The van der Waals surface area contributed by atoms with E-state index in [0.29, 0.717) is 5.56 Å². The number of rotatable bonds is 3. The van der Waals surface area contributed by atoms with Crippen LogP contribution in [0.1, 0.15) is 57.3 Å². The van der Waals surface area contributed by atoms with Gasteiger partial charge in [0.25, 0.3) is 6.43 Å². The maximum Gasteiger partial charge on any atom is 0.280 e. The minimum atomic E-state index is -2.45. The predicted molar refractivity (Wildman–Crippen MR) is 51.7 cm³/mol. The summed E-state index contributed by atoms with van der Waals surface area (Å²) in [5, 5.41) is 3.99. The lowest BCUT2D eigenvalue weighted by Crippen LogP contribution is -2.09. The molecule has 0 spiro atoms. The van der Waals surface area contributed by atoms with E-state index < -0.39 is 6.43 Å². The molecule has 0 aliphatic carbocycles. The first kappa shape index (κ1) is 11.1. The first-order valence-corrected chi connectivity index (χ1v) is 4.80. The molecule has 2 nitrogen and oxygen atoms in total. The molecule has 0 saturated heterocycles. The van der Waals surface area contributed by atoms with Crippen LogP contribution in [0.15, 0.2) is 6.20 Å². The molecule has 0 saturated carbocycles. The zero-order valence-electron chi connectivity index (χ0n) is 8.96. The van der Waals surface area contributed by atoms with Crippen molar-refractivity contribution in [1.29, 1.82) is 0 Å². The molecular formula is C10H16F2N2. The van der Waals surface area contributed by atoms with Crippen molar-refractivity contribution in [2.45, 2.75) is 46.1 Å². The van der Waals surface area contributed by atoms with Gasteiger partial charge >= 0.3 is 0 Å². The smallest absolute Gasteiger partial charge is 0.261 e. The second-order valence-electron chi connectivity index (χ2n) is 3.98. The highest BCUT2D eigenvalue weighted by molar-refractivity contribution is 5.22.